The van der Waals surface area contributed by atoms with Crippen molar-refractivity contribution in [2.75, 3.05) is 6.54 Å². The van der Waals surface area contributed by atoms with Crippen molar-refractivity contribution in [3.63, 3.8) is 0 Å². The van der Waals surface area contributed by atoms with Gasteiger partial charge in [-0.05, 0) is 42.4 Å². The Kier molecular flexibility index (Phi) is 6.08. The number of amides is 1. The molecule has 1 atom stereocenters. The van der Waals surface area contributed by atoms with Gasteiger partial charge in [-0.15, -0.1) is 12.4 Å². The number of carbonyl (C=O) groups is 1. The van der Waals surface area contributed by atoms with Gasteiger partial charge >= 0.3 is 0 Å². The molecule has 1 fully saturated rings. The maximum absolute atomic E-state index is 12.2. The van der Waals surface area contributed by atoms with E-state index in [4.69, 9.17) is 5.73 Å². The van der Waals surface area contributed by atoms with Crippen LogP contribution >= 0.6 is 12.4 Å². The minimum Gasteiger partial charge on any atom is -0.504 e. The lowest BCUT2D eigenvalue weighted by Gasteiger charge is -2.10. The molecule has 25 heavy (non-hydrogen) atoms. The third-order valence-electron chi connectivity index (χ3n) is 4.46. The molecule has 1 aromatic carbocycles. The van der Waals surface area contributed by atoms with Crippen molar-refractivity contribution in [2.45, 2.75) is 38.6 Å². The molecule has 4 N–H and O–H groups in total. The number of rotatable bonds is 6. The fourth-order valence-corrected chi connectivity index (χ4v) is 2.66. The number of halogens is 1. The van der Waals surface area contributed by atoms with Crippen LogP contribution in [0.4, 0.5) is 0 Å². The van der Waals surface area contributed by atoms with Crippen LogP contribution in [0.25, 0.3) is 5.69 Å². The average molecular weight is 365 g/mol. The van der Waals surface area contributed by atoms with Gasteiger partial charge in [0.25, 0.3) is 5.91 Å². The normalized spacial score (nSPS) is 14.9. The molecule has 0 saturated heterocycles. The third kappa shape index (κ3) is 4.52. The van der Waals surface area contributed by atoms with E-state index in [9.17, 15) is 9.90 Å². The summed E-state index contributed by atoms with van der Waals surface area (Å²) < 4.78 is 1.51. The molecule has 0 spiro atoms. The minimum atomic E-state index is -0.402. The average Bonchev–Trinajstić information content (AvgIpc) is 3.35. The van der Waals surface area contributed by atoms with Crippen molar-refractivity contribution >= 4 is 18.3 Å². The standard InChI is InChI=1S/C18H24N4O2.ClH/c1-11(2)12-5-7-14(8-6-12)22-10-16(23)17(21-22)18(24)20-9-15(19)13-3-4-13;/h5-8,10-11,13,15,23H,3-4,9,19H2,1-2H3,(H,20,24);1H. The highest BCUT2D eigenvalue weighted by molar-refractivity contribution is 5.94. The molecule has 1 aliphatic rings. The number of aromatic nitrogens is 2. The molecule has 0 radical (unpaired) electrons. The Balaban J connectivity index is 0.00000225. The highest BCUT2D eigenvalue weighted by atomic mass is 35.5. The zero-order chi connectivity index (χ0) is 17.3. The van der Waals surface area contributed by atoms with Gasteiger partial charge in [-0.3, -0.25) is 4.79 Å². The highest BCUT2D eigenvalue weighted by Crippen LogP contribution is 2.31. The van der Waals surface area contributed by atoms with Gasteiger partial charge < -0.3 is 16.2 Å². The molecule has 1 unspecified atom stereocenters. The molecule has 1 aliphatic carbocycles. The van der Waals surface area contributed by atoms with Crippen molar-refractivity contribution in [3.05, 3.63) is 41.7 Å². The second-order valence-electron chi connectivity index (χ2n) is 6.77. The molecule has 1 aromatic heterocycles. The van der Waals surface area contributed by atoms with Gasteiger partial charge in [0.1, 0.15) is 0 Å². The van der Waals surface area contributed by atoms with Gasteiger partial charge in [0.15, 0.2) is 11.4 Å². The quantitative estimate of drug-likeness (QED) is 0.734. The summed E-state index contributed by atoms with van der Waals surface area (Å²) in [5.74, 6) is 0.416. The maximum atomic E-state index is 12.2. The first-order valence-electron chi connectivity index (χ1n) is 8.38. The molecule has 0 aliphatic heterocycles. The number of aromatic hydroxyl groups is 1. The van der Waals surface area contributed by atoms with Crippen LogP contribution in [0.15, 0.2) is 30.5 Å². The predicted octanol–water partition coefficient (Wildman–Crippen LogP) is 2.59. The van der Waals surface area contributed by atoms with Crippen LogP contribution in [0.3, 0.4) is 0 Å². The van der Waals surface area contributed by atoms with Crippen LogP contribution in [-0.4, -0.2) is 33.4 Å². The second kappa shape index (κ2) is 7.89. The molecule has 1 saturated carbocycles. The summed E-state index contributed by atoms with van der Waals surface area (Å²) in [6.45, 7) is 4.66. The summed E-state index contributed by atoms with van der Waals surface area (Å²) in [5, 5.41) is 17.0. The largest absolute Gasteiger partial charge is 0.504 e. The van der Waals surface area contributed by atoms with Crippen molar-refractivity contribution in [2.24, 2.45) is 11.7 Å². The molecule has 0 bridgehead atoms. The summed E-state index contributed by atoms with van der Waals surface area (Å²) in [4.78, 5) is 12.2. The van der Waals surface area contributed by atoms with Crippen molar-refractivity contribution < 1.29 is 9.90 Å². The molecule has 2 aromatic rings. The van der Waals surface area contributed by atoms with E-state index in [-0.39, 0.29) is 29.9 Å². The molecular formula is C18H25ClN4O2. The highest BCUT2D eigenvalue weighted by Gasteiger charge is 2.29. The van der Waals surface area contributed by atoms with E-state index in [0.29, 0.717) is 18.4 Å². The van der Waals surface area contributed by atoms with Crippen LogP contribution in [-0.2, 0) is 0 Å². The van der Waals surface area contributed by atoms with Gasteiger partial charge in [0, 0.05) is 12.6 Å². The first-order valence-corrected chi connectivity index (χ1v) is 8.38. The van der Waals surface area contributed by atoms with Gasteiger partial charge in [0.2, 0.25) is 0 Å². The molecule has 1 amide bonds. The Hall–Kier alpha value is -2.05. The summed E-state index contributed by atoms with van der Waals surface area (Å²) in [6, 6.07) is 7.86. The first kappa shape index (κ1) is 19.3. The van der Waals surface area contributed by atoms with E-state index in [2.05, 4.69) is 24.3 Å². The Morgan fingerprint density at radius 3 is 2.56 bits per heavy atom. The fraction of sp³-hybridized carbons (Fsp3) is 0.444. The number of benzene rings is 1. The van der Waals surface area contributed by atoms with Crippen molar-refractivity contribution in [3.8, 4) is 11.4 Å². The van der Waals surface area contributed by atoms with Crippen LogP contribution in [0, 0.1) is 5.92 Å². The monoisotopic (exact) mass is 364 g/mol. The first-order chi connectivity index (χ1) is 11.5. The van der Waals surface area contributed by atoms with Crippen LogP contribution < -0.4 is 11.1 Å². The summed E-state index contributed by atoms with van der Waals surface area (Å²) in [6.07, 6.45) is 3.70. The lowest BCUT2D eigenvalue weighted by Crippen LogP contribution is -2.38. The fourth-order valence-electron chi connectivity index (χ4n) is 2.66. The van der Waals surface area contributed by atoms with E-state index in [1.807, 2.05) is 24.3 Å². The van der Waals surface area contributed by atoms with E-state index in [1.54, 1.807) is 0 Å². The van der Waals surface area contributed by atoms with Gasteiger partial charge in [-0.1, -0.05) is 26.0 Å². The number of nitrogens with zero attached hydrogens (tertiary/aromatic N) is 2. The Morgan fingerprint density at radius 2 is 2.00 bits per heavy atom. The van der Waals surface area contributed by atoms with E-state index < -0.39 is 5.91 Å². The summed E-state index contributed by atoms with van der Waals surface area (Å²) in [7, 11) is 0. The lowest BCUT2D eigenvalue weighted by atomic mass is 10.0. The summed E-state index contributed by atoms with van der Waals surface area (Å²) in [5.41, 5.74) is 8.01. The maximum Gasteiger partial charge on any atom is 0.275 e. The minimum absolute atomic E-state index is 0. The molecule has 6 nitrogen and oxygen atoms in total. The number of nitrogens with two attached hydrogens (primary N) is 1. The third-order valence-corrected chi connectivity index (χ3v) is 4.46. The zero-order valence-electron chi connectivity index (χ0n) is 14.5. The number of carbonyl (C=O) groups excluding carboxylic acids is 1. The Labute approximate surface area is 153 Å². The predicted molar refractivity (Wildman–Crippen MR) is 99.6 cm³/mol. The molecular weight excluding hydrogens is 340 g/mol. The molecule has 1 heterocycles. The number of nitrogens with one attached hydrogen (secondary N) is 1. The van der Waals surface area contributed by atoms with Crippen LogP contribution in [0.5, 0.6) is 5.75 Å². The zero-order valence-corrected chi connectivity index (χ0v) is 15.3. The SMILES string of the molecule is CC(C)c1ccc(-n2cc(O)c(C(=O)NCC(N)C3CC3)n2)cc1.Cl. The van der Waals surface area contributed by atoms with Gasteiger partial charge in [-0.25, -0.2) is 4.68 Å². The van der Waals surface area contributed by atoms with E-state index in [0.717, 1.165) is 18.5 Å². The van der Waals surface area contributed by atoms with Crippen molar-refractivity contribution in [1.29, 1.82) is 0 Å². The Bertz CT molecular complexity index is 723. The molecule has 7 heteroatoms. The van der Waals surface area contributed by atoms with E-state index in [1.165, 1.54) is 16.4 Å². The number of hydrogen-bond donors (Lipinski definition) is 3. The van der Waals surface area contributed by atoms with Gasteiger partial charge in [0.05, 0.1) is 11.9 Å². The molecule has 3 rings (SSSR count). The summed E-state index contributed by atoms with van der Waals surface area (Å²) >= 11 is 0. The van der Waals surface area contributed by atoms with Crippen molar-refractivity contribution in [1.82, 2.24) is 15.1 Å². The second-order valence-corrected chi connectivity index (χ2v) is 6.77. The van der Waals surface area contributed by atoms with E-state index >= 15 is 0 Å². The molecule has 136 valence electrons. The topological polar surface area (TPSA) is 93.2 Å². The number of hydrogen-bond acceptors (Lipinski definition) is 4. The van der Waals surface area contributed by atoms with Gasteiger partial charge in [-0.2, -0.15) is 5.10 Å². The van der Waals surface area contributed by atoms with Crippen LogP contribution in [0.1, 0.15) is 48.7 Å². The smallest absolute Gasteiger partial charge is 0.275 e. The van der Waals surface area contributed by atoms with Crippen LogP contribution in [0.2, 0.25) is 0 Å². The Morgan fingerprint density at radius 1 is 1.36 bits per heavy atom. The lowest BCUT2D eigenvalue weighted by molar-refractivity contribution is 0.0942.